The molecule has 0 aliphatic carbocycles. The van der Waals surface area contributed by atoms with Gasteiger partial charge in [0.05, 0.1) is 6.10 Å². The second-order valence-corrected chi connectivity index (χ2v) is 4.30. The molecule has 1 rings (SSSR count). The SMILES string of the molecule is Cc1nc(Cl)ncc1C(O)C(O)CCBr. The van der Waals surface area contributed by atoms with E-state index in [-0.39, 0.29) is 5.28 Å². The van der Waals surface area contributed by atoms with Crippen LogP contribution in [0.1, 0.15) is 23.8 Å². The number of aliphatic hydroxyl groups excluding tert-OH is 2. The number of aliphatic hydroxyl groups is 2. The Hall–Kier alpha value is -0.230. The molecule has 6 heteroatoms. The maximum atomic E-state index is 9.80. The Morgan fingerprint density at radius 3 is 2.73 bits per heavy atom. The van der Waals surface area contributed by atoms with Crippen molar-refractivity contribution in [2.75, 3.05) is 5.33 Å². The van der Waals surface area contributed by atoms with Crippen LogP contribution in [0, 0.1) is 6.92 Å². The first-order valence-electron chi connectivity index (χ1n) is 4.47. The van der Waals surface area contributed by atoms with Crippen LogP contribution in [0.5, 0.6) is 0 Å². The lowest BCUT2D eigenvalue weighted by Gasteiger charge is -2.18. The van der Waals surface area contributed by atoms with Gasteiger partial charge in [-0.2, -0.15) is 0 Å². The molecule has 0 saturated carbocycles. The van der Waals surface area contributed by atoms with E-state index in [2.05, 4.69) is 25.9 Å². The van der Waals surface area contributed by atoms with Crippen LogP contribution in [0.15, 0.2) is 6.20 Å². The van der Waals surface area contributed by atoms with Crippen molar-refractivity contribution >= 4 is 27.5 Å². The minimum Gasteiger partial charge on any atom is -0.390 e. The smallest absolute Gasteiger partial charge is 0.222 e. The quantitative estimate of drug-likeness (QED) is 0.654. The highest BCUT2D eigenvalue weighted by atomic mass is 79.9. The fourth-order valence-corrected chi connectivity index (χ4v) is 1.86. The van der Waals surface area contributed by atoms with Crippen LogP contribution in [0.3, 0.4) is 0 Å². The zero-order chi connectivity index (χ0) is 11.4. The lowest BCUT2D eigenvalue weighted by Crippen LogP contribution is -2.20. The van der Waals surface area contributed by atoms with Crippen molar-refractivity contribution in [2.45, 2.75) is 25.6 Å². The highest BCUT2D eigenvalue weighted by molar-refractivity contribution is 9.09. The standard InChI is InChI=1S/C9H12BrClN2O2/c1-5-6(4-12-9(11)13-5)8(15)7(14)2-3-10/h4,7-8,14-15H,2-3H2,1H3. The van der Waals surface area contributed by atoms with Crippen molar-refractivity contribution in [3.8, 4) is 0 Å². The topological polar surface area (TPSA) is 66.2 Å². The molecule has 1 heterocycles. The van der Waals surface area contributed by atoms with Gasteiger partial charge < -0.3 is 10.2 Å². The molecule has 0 aliphatic rings. The maximum Gasteiger partial charge on any atom is 0.222 e. The number of halogens is 2. The molecular weight excluding hydrogens is 283 g/mol. The molecule has 0 aromatic carbocycles. The lowest BCUT2D eigenvalue weighted by atomic mass is 10.0. The van der Waals surface area contributed by atoms with Crippen molar-refractivity contribution in [3.63, 3.8) is 0 Å². The summed E-state index contributed by atoms with van der Waals surface area (Å²) in [5, 5.41) is 20.2. The second-order valence-electron chi connectivity index (χ2n) is 3.17. The molecule has 2 atom stereocenters. The summed E-state index contributed by atoms with van der Waals surface area (Å²) >= 11 is 8.79. The van der Waals surface area contributed by atoms with Crippen molar-refractivity contribution < 1.29 is 10.2 Å². The Morgan fingerprint density at radius 1 is 1.53 bits per heavy atom. The molecule has 0 aliphatic heterocycles. The number of aryl methyl sites for hydroxylation is 1. The third kappa shape index (κ3) is 3.38. The first-order valence-corrected chi connectivity index (χ1v) is 5.97. The summed E-state index contributed by atoms with van der Waals surface area (Å²) in [6, 6.07) is 0. The van der Waals surface area contributed by atoms with E-state index in [9.17, 15) is 10.2 Å². The molecule has 0 amide bonds. The van der Waals surface area contributed by atoms with Gasteiger partial charge in [0.15, 0.2) is 0 Å². The van der Waals surface area contributed by atoms with Crippen molar-refractivity contribution in [2.24, 2.45) is 0 Å². The largest absolute Gasteiger partial charge is 0.390 e. The Morgan fingerprint density at radius 2 is 2.20 bits per heavy atom. The van der Waals surface area contributed by atoms with Gasteiger partial charge in [-0.05, 0) is 24.9 Å². The van der Waals surface area contributed by atoms with Crippen molar-refractivity contribution in [1.82, 2.24) is 9.97 Å². The Kier molecular flexibility index (Phi) is 4.92. The monoisotopic (exact) mass is 294 g/mol. The van der Waals surface area contributed by atoms with E-state index in [0.29, 0.717) is 23.0 Å². The Bertz CT molecular complexity index is 338. The summed E-state index contributed by atoms with van der Waals surface area (Å²) in [4.78, 5) is 7.68. The van der Waals surface area contributed by atoms with E-state index >= 15 is 0 Å². The molecule has 15 heavy (non-hydrogen) atoms. The summed E-state index contributed by atoms with van der Waals surface area (Å²) in [7, 11) is 0. The number of alkyl halides is 1. The first-order chi connectivity index (χ1) is 7.06. The third-order valence-corrected chi connectivity index (χ3v) is 2.72. The van der Waals surface area contributed by atoms with Crippen molar-refractivity contribution in [1.29, 1.82) is 0 Å². The van der Waals surface area contributed by atoms with Gasteiger partial charge in [-0.25, -0.2) is 9.97 Å². The average Bonchev–Trinajstić information content (AvgIpc) is 2.17. The molecular formula is C9H12BrClN2O2. The van der Waals surface area contributed by atoms with E-state index in [1.54, 1.807) is 6.92 Å². The van der Waals surface area contributed by atoms with Crippen LogP contribution < -0.4 is 0 Å². The highest BCUT2D eigenvalue weighted by Gasteiger charge is 2.20. The summed E-state index contributed by atoms with van der Waals surface area (Å²) in [5.41, 5.74) is 1.09. The van der Waals surface area contributed by atoms with E-state index in [4.69, 9.17) is 11.6 Å². The predicted molar refractivity (Wildman–Crippen MR) is 61.2 cm³/mol. The molecule has 2 N–H and O–H groups in total. The minimum absolute atomic E-state index is 0.137. The number of nitrogens with zero attached hydrogens (tertiary/aromatic N) is 2. The molecule has 0 fully saturated rings. The fourth-order valence-electron chi connectivity index (χ4n) is 1.22. The minimum atomic E-state index is -0.972. The van der Waals surface area contributed by atoms with Crippen LogP contribution in [0.25, 0.3) is 0 Å². The van der Waals surface area contributed by atoms with Gasteiger partial charge in [-0.1, -0.05) is 15.9 Å². The predicted octanol–water partition coefficient (Wildman–Crippen LogP) is 1.62. The molecule has 2 unspecified atom stereocenters. The van der Waals surface area contributed by atoms with Crippen LogP contribution in [0.4, 0.5) is 0 Å². The van der Waals surface area contributed by atoms with Crippen LogP contribution >= 0.6 is 27.5 Å². The van der Waals surface area contributed by atoms with E-state index in [1.165, 1.54) is 6.20 Å². The average molecular weight is 296 g/mol. The van der Waals surface area contributed by atoms with Crippen LogP contribution in [-0.4, -0.2) is 31.6 Å². The lowest BCUT2D eigenvalue weighted by molar-refractivity contribution is 0.0165. The van der Waals surface area contributed by atoms with Gasteiger partial charge in [-0.3, -0.25) is 0 Å². The fraction of sp³-hybridized carbons (Fsp3) is 0.556. The number of aromatic nitrogens is 2. The zero-order valence-corrected chi connectivity index (χ0v) is 10.5. The Labute approximate surface area is 101 Å². The molecule has 0 saturated heterocycles. The third-order valence-electron chi connectivity index (χ3n) is 2.08. The molecule has 0 radical (unpaired) electrons. The van der Waals surface area contributed by atoms with Gasteiger partial charge in [-0.15, -0.1) is 0 Å². The van der Waals surface area contributed by atoms with E-state index in [0.717, 1.165) is 0 Å². The Balaban J connectivity index is 2.86. The normalized spacial score (nSPS) is 15.0. The first kappa shape index (κ1) is 12.8. The van der Waals surface area contributed by atoms with E-state index in [1.807, 2.05) is 0 Å². The molecule has 0 bridgehead atoms. The number of rotatable bonds is 4. The molecule has 1 aromatic heterocycles. The molecule has 0 spiro atoms. The zero-order valence-electron chi connectivity index (χ0n) is 8.19. The summed E-state index contributed by atoms with van der Waals surface area (Å²) in [6.07, 6.45) is 0.100. The second kappa shape index (κ2) is 5.75. The van der Waals surface area contributed by atoms with Crippen LogP contribution in [0.2, 0.25) is 5.28 Å². The number of hydrogen-bond acceptors (Lipinski definition) is 4. The van der Waals surface area contributed by atoms with Crippen LogP contribution in [-0.2, 0) is 0 Å². The molecule has 84 valence electrons. The summed E-state index contributed by atoms with van der Waals surface area (Å²) in [5.74, 6) is 0. The highest BCUT2D eigenvalue weighted by Crippen LogP contribution is 2.21. The molecule has 1 aromatic rings. The summed E-state index contributed by atoms with van der Waals surface area (Å²) < 4.78 is 0. The van der Waals surface area contributed by atoms with E-state index < -0.39 is 12.2 Å². The van der Waals surface area contributed by atoms with Gasteiger partial charge in [0.2, 0.25) is 5.28 Å². The summed E-state index contributed by atoms with van der Waals surface area (Å²) in [6.45, 7) is 1.72. The van der Waals surface area contributed by atoms with Gasteiger partial charge in [0.1, 0.15) is 6.10 Å². The molecule has 4 nitrogen and oxygen atoms in total. The van der Waals surface area contributed by atoms with Gasteiger partial charge >= 0.3 is 0 Å². The van der Waals surface area contributed by atoms with Crippen molar-refractivity contribution in [3.05, 3.63) is 22.7 Å². The number of hydrogen-bond donors (Lipinski definition) is 2. The van der Waals surface area contributed by atoms with Gasteiger partial charge in [0, 0.05) is 22.8 Å². The van der Waals surface area contributed by atoms with Gasteiger partial charge in [0.25, 0.3) is 0 Å². The maximum absolute atomic E-state index is 9.80.